The van der Waals surface area contributed by atoms with E-state index in [0.29, 0.717) is 28.0 Å². The zero-order valence-electron chi connectivity index (χ0n) is 20.4. The fourth-order valence-corrected chi connectivity index (χ4v) is 5.62. The number of methoxy groups -OCH3 is 1. The normalized spacial score (nSPS) is 20.3. The lowest BCUT2D eigenvalue weighted by molar-refractivity contribution is -0.143. The number of nitrogens with one attached hydrogen (secondary N) is 1. The fraction of sp³-hybridized carbons (Fsp3) is 0.417. The van der Waals surface area contributed by atoms with Crippen LogP contribution in [0, 0.1) is 6.92 Å². The lowest BCUT2D eigenvalue weighted by atomic mass is 10.1. The summed E-state index contributed by atoms with van der Waals surface area (Å²) in [6, 6.07) is 2.53. The molecule has 36 heavy (non-hydrogen) atoms. The Morgan fingerprint density at radius 3 is 2.81 bits per heavy atom. The zero-order valence-corrected chi connectivity index (χ0v) is 22.1. The van der Waals surface area contributed by atoms with E-state index in [4.69, 9.17) is 21.9 Å². The molecule has 2 amide bonds. The van der Waals surface area contributed by atoms with Crippen molar-refractivity contribution >= 4 is 63.6 Å². The smallest absolute Gasteiger partial charge is 0.308 e. The van der Waals surface area contributed by atoms with Crippen molar-refractivity contribution in [2.75, 3.05) is 25.1 Å². The van der Waals surface area contributed by atoms with Crippen LogP contribution in [0.3, 0.4) is 0 Å². The summed E-state index contributed by atoms with van der Waals surface area (Å²) in [5.41, 5.74) is 0.990. The van der Waals surface area contributed by atoms with Gasteiger partial charge < -0.3 is 15.0 Å². The Morgan fingerprint density at radius 1 is 1.36 bits per heavy atom. The largest absolute Gasteiger partial charge is 0.469 e. The second-order valence-corrected chi connectivity index (χ2v) is 10.4. The Hall–Kier alpha value is -3.25. The molecule has 2 aromatic rings. The van der Waals surface area contributed by atoms with E-state index in [0.717, 1.165) is 23.7 Å². The predicted molar refractivity (Wildman–Crippen MR) is 142 cm³/mol. The lowest BCUT2D eigenvalue weighted by Gasteiger charge is -2.36. The van der Waals surface area contributed by atoms with Gasteiger partial charge in [0.25, 0.3) is 11.5 Å². The molecule has 2 aliphatic heterocycles. The number of carbonyl (C=O) groups excluding carboxylic acids is 3. The Bertz CT molecular complexity index is 1350. The summed E-state index contributed by atoms with van der Waals surface area (Å²) in [6.45, 7) is 6.36. The summed E-state index contributed by atoms with van der Waals surface area (Å²) in [5, 5.41) is 2.75. The highest BCUT2D eigenvalue weighted by molar-refractivity contribution is 8.26. The van der Waals surface area contributed by atoms with Crippen molar-refractivity contribution in [3.63, 3.8) is 0 Å². The van der Waals surface area contributed by atoms with Gasteiger partial charge in [-0.2, -0.15) is 0 Å². The number of anilines is 1. The number of carbonyl (C=O) groups is 3. The molecule has 2 aromatic heterocycles. The Labute approximate surface area is 217 Å². The molecule has 2 saturated heterocycles. The van der Waals surface area contributed by atoms with Crippen LogP contribution in [-0.4, -0.2) is 68.7 Å². The van der Waals surface area contributed by atoms with E-state index >= 15 is 0 Å². The van der Waals surface area contributed by atoms with E-state index in [1.54, 1.807) is 22.1 Å². The topological polar surface area (TPSA) is 113 Å². The molecular weight excluding hydrogens is 502 g/mol. The fourth-order valence-electron chi connectivity index (χ4n) is 4.18. The minimum Gasteiger partial charge on any atom is -0.469 e. The van der Waals surface area contributed by atoms with E-state index in [1.807, 2.05) is 26.8 Å². The third kappa shape index (κ3) is 4.74. The first kappa shape index (κ1) is 25.8. The molecule has 0 unspecified atom stereocenters. The number of aromatic nitrogens is 2. The first-order chi connectivity index (χ1) is 17.2. The van der Waals surface area contributed by atoms with E-state index in [-0.39, 0.29) is 35.7 Å². The molecule has 10 nitrogen and oxygen atoms in total. The second-order valence-electron chi connectivity index (χ2n) is 8.68. The van der Waals surface area contributed by atoms with E-state index in [1.165, 1.54) is 17.6 Å². The summed E-state index contributed by atoms with van der Waals surface area (Å²) in [6.07, 6.45) is 3.68. The van der Waals surface area contributed by atoms with Gasteiger partial charge in [0, 0.05) is 25.3 Å². The number of amides is 2. The van der Waals surface area contributed by atoms with Crippen LogP contribution in [0.15, 0.2) is 28.0 Å². The lowest BCUT2D eigenvalue weighted by Crippen LogP contribution is -2.57. The third-order valence-electron chi connectivity index (χ3n) is 6.31. The molecule has 0 bridgehead atoms. The van der Waals surface area contributed by atoms with Crippen molar-refractivity contribution in [1.82, 2.24) is 19.6 Å². The predicted octanol–water partition coefficient (Wildman–Crippen LogP) is 1.87. The van der Waals surface area contributed by atoms with Gasteiger partial charge in [-0.15, -0.1) is 0 Å². The van der Waals surface area contributed by atoms with Crippen LogP contribution >= 0.6 is 24.0 Å². The highest BCUT2D eigenvalue weighted by Crippen LogP contribution is 2.35. The van der Waals surface area contributed by atoms with Crippen LogP contribution in [0.25, 0.3) is 11.7 Å². The van der Waals surface area contributed by atoms with Gasteiger partial charge in [-0.25, -0.2) is 4.98 Å². The van der Waals surface area contributed by atoms with Crippen molar-refractivity contribution in [2.24, 2.45) is 0 Å². The number of ether oxygens (including phenoxy) is 1. The molecule has 2 aliphatic rings. The maximum atomic E-state index is 13.8. The van der Waals surface area contributed by atoms with Gasteiger partial charge in [0.05, 0.1) is 24.0 Å². The molecular formula is C24H27N5O5S2. The number of pyridine rings is 1. The molecule has 1 N–H and O–H groups in total. The number of nitrogens with zero attached hydrogens (tertiary/aromatic N) is 4. The minimum absolute atomic E-state index is 0.0865. The molecule has 2 atom stereocenters. The summed E-state index contributed by atoms with van der Waals surface area (Å²) in [4.78, 5) is 60.0. The van der Waals surface area contributed by atoms with Gasteiger partial charge in [0.1, 0.15) is 21.8 Å². The van der Waals surface area contributed by atoms with Gasteiger partial charge >= 0.3 is 5.97 Å². The number of thiocarbonyl (C=S) groups is 1. The number of thioether (sulfide) groups is 1. The maximum Gasteiger partial charge on any atom is 0.308 e. The van der Waals surface area contributed by atoms with Crippen molar-refractivity contribution in [3.8, 4) is 0 Å². The Balaban J connectivity index is 1.91. The van der Waals surface area contributed by atoms with Crippen LogP contribution in [0.2, 0.25) is 0 Å². The molecule has 0 spiro atoms. The average molecular weight is 530 g/mol. The number of esters is 1. The van der Waals surface area contributed by atoms with Gasteiger partial charge in [-0.3, -0.25) is 28.5 Å². The van der Waals surface area contributed by atoms with Crippen molar-refractivity contribution in [2.45, 2.75) is 45.7 Å². The first-order valence-corrected chi connectivity index (χ1v) is 12.8. The number of aryl methyl sites for hydroxylation is 1. The van der Waals surface area contributed by atoms with Crippen LogP contribution < -0.4 is 15.8 Å². The molecule has 2 fully saturated rings. The number of rotatable bonds is 6. The quantitative estimate of drug-likeness (QED) is 0.340. The standard InChI is InChI=1S/C24H27N5O5S2/c1-5-14(3)29-23(33)17(36-24(29)35)10-15-20(26-18-7-6-13(2)12-28(18)22(15)32)27-9-8-25-21(31)16(27)11-19(30)34-4/h6-7,10,12,14,16H,5,8-9,11H2,1-4H3,(H,25,31)/b17-10-/t14-,16+/m0/s1. The molecule has 4 rings (SSSR count). The van der Waals surface area contributed by atoms with Crippen LogP contribution in [0.4, 0.5) is 5.82 Å². The SMILES string of the molecule is CC[C@H](C)N1C(=O)/C(=C/c2c(N3CCNC(=O)[C@H]3CC(=O)OC)nc3ccc(C)cn3c2=O)SC1=S. The zero-order chi connectivity index (χ0) is 26.1. The highest BCUT2D eigenvalue weighted by Gasteiger charge is 2.37. The monoisotopic (exact) mass is 529 g/mol. The Kier molecular flexibility index (Phi) is 7.46. The molecule has 12 heteroatoms. The van der Waals surface area contributed by atoms with Gasteiger partial charge in [0.15, 0.2) is 0 Å². The van der Waals surface area contributed by atoms with Gasteiger partial charge in [-0.1, -0.05) is 37.0 Å². The van der Waals surface area contributed by atoms with Crippen molar-refractivity contribution in [3.05, 3.63) is 44.7 Å². The summed E-state index contributed by atoms with van der Waals surface area (Å²) < 4.78 is 6.63. The molecule has 0 aliphatic carbocycles. The number of hydrogen-bond donors (Lipinski definition) is 1. The molecule has 0 saturated carbocycles. The molecule has 4 heterocycles. The highest BCUT2D eigenvalue weighted by atomic mass is 32.2. The van der Waals surface area contributed by atoms with Gasteiger partial charge in [0.2, 0.25) is 5.91 Å². The maximum absolute atomic E-state index is 13.8. The number of piperazine rings is 1. The average Bonchev–Trinajstić information content (AvgIpc) is 3.14. The van der Waals surface area contributed by atoms with Crippen LogP contribution in [0.1, 0.15) is 37.8 Å². The molecule has 0 aromatic carbocycles. The summed E-state index contributed by atoms with van der Waals surface area (Å²) in [5.74, 6) is -0.985. The first-order valence-electron chi connectivity index (χ1n) is 11.6. The van der Waals surface area contributed by atoms with Crippen LogP contribution in [0.5, 0.6) is 0 Å². The third-order valence-corrected chi connectivity index (χ3v) is 7.64. The van der Waals surface area contributed by atoms with E-state index < -0.39 is 17.6 Å². The molecule has 0 radical (unpaired) electrons. The Morgan fingerprint density at radius 2 is 2.11 bits per heavy atom. The van der Waals surface area contributed by atoms with E-state index in [2.05, 4.69) is 5.32 Å². The van der Waals surface area contributed by atoms with Crippen molar-refractivity contribution < 1.29 is 19.1 Å². The number of fused-ring (bicyclic) bond motifs is 1. The summed E-state index contributed by atoms with van der Waals surface area (Å²) >= 11 is 6.58. The molecule has 190 valence electrons. The van der Waals surface area contributed by atoms with E-state index in [9.17, 15) is 19.2 Å². The van der Waals surface area contributed by atoms with Crippen molar-refractivity contribution in [1.29, 1.82) is 0 Å². The number of hydrogen-bond acceptors (Lipinski definition) is 9. The second kappa shape index (κ2) is 10.4. The minimum atomic E-state index is -0.923. The van der Waals surface area contributed by atoms with Crippen LogP contribution in [-0.2, 0) is 19.1 Å². The summed E-state index contributed by atoms with van der Waals surface area (Å²) in [7, 11) is 1.25. The van der Waals surface area contributed by atoms with Gasteiger partial charge in [-0.05, 0) is 38.0 Å².